The molecule has 0 aromatic carbocycles. The van der Waals surface area contributed by atoms with Gasteiger partial charge in [0.25, 0.3) is 0 Å². The van der Waals surface area contributed by atoms with Gasteiger partial charge in [-0.2, -0.15) is 0 Å². The van der Waals surface area contributed by atoms with E-state index in [2.05, 4.69) is 18.7 Å². The number of hydrogen-bond acceptors (Lipinski definition) is 3. The van der Waals surface area contributed by atoms with Gasteiger partial charge in [-0.1, -0.05) is 20.3 Å². The highest BCUT2D eigenvalue weighted by atomic mass is 16.3. The van der Waals surface area contributed by atoms with Crippen molar-refractivity contribution in [3.63, 3.8) is 0 Å². The molecule has 1 saturated carbocycles. The normalized spacial score (nSPS) is 17.1. The van der Waals surface area contributed by atoms with Gasteiger partial charge in [0, 0.05) is 12.6 Å². The summed E-state index contributed by atoms with van der Waals surface area (Å²) in [5.74, 6) is 0. The van der Waals surface area contributed by atoms with E-state index < -0.39 is 0 Å². The van der Waals surface area contributed by atoms with E-state index in [4.69, 9.17) is 10.8 Å². The molecule has 0 amide bonds. The van der Waals surface area contributed by atoms with Gasteiger partial charge >= 0.3 is 0 Å². The predicted octanol–water partition coefficient (Wildman–Crippen LogP) is 1.60. The van der Waals surface area contributed by atoms with E-state index in [0.29, 0.717) is 12.0 Å². The molecule has 1 aliphatic rings. The van der Waals surface area contributed by atoms with E-state index in [1.165, 1.54) is 32.1 Å². The van der Waals surface area contributed by atoms with Gasteiger partial charge in [-0.05, 0) is 44.2 Å². The SMILES string of the molecule is CC(C)(CN)CCCCN(CCO)C1CC1. The Morgan fingerprint density at radius 3 is 2.44 bits per heavy atom. The van der Waals surface area contributed by atoms with Crippen LogP contribution in [0, 0.1) is 5.41 Å². The molecule has 3 nitrogen and oxygen atoms in total. The lowest BCUT2D eigenvalue weighted by atomic mass is 9.87. The number of nitrogens with two attached hydrogens (primary N) is 1. The molecule has 0 aliphatic heterocycles. The van der Waals surface area contributed by atoms with Crippen molar-refractivity contribution in [3.8, 4) is 0 Å². The van der Waals surface area contributed by atoms with Crippen LogP contribution < -0.4 is 5.73 Å². The number of hydrogen-bond donors (Lipinski definition) is 2. The monoisotopic (exact) mass is 228 g/mol. The molecule has 3 heteroatoms. The first-order chi connectivity index (χ1) is 7.59. The lowest BCUT2D eigenvalue weighted by Gasteiger charge is -2.24. The molecule has 16 heavy (non-hydrogen) atoms. The molecular formula is C13H28N2O. The van der Waals surface area contributed by atoms with Crippen molar-refractivity contribution in [1.82, 2.24) is 4.90 Å². The summed E-state index contributed by atoms with van der Waals surface area (Å²) in [7, 11) is 0. The van der Waals surface area contributed by atoms with Crippen molar-refractivity contribution in [2.45, 2.75) is 52.0 Å². The second-order valence-electron chi connectivity index (χ2n) is 5.82. The van der Waals surface area contributed by atoms with E-state index >= 15 is 0 Å². The summed E-state index contributed by atoms with van der Waals surface area (Å²) in [6.07, 6.45) is 6.35. The molecule has 0 heterocycles. The molecule has 0 spiro atoms. The average Bonchev–Trinajstić information content (AvgIpc) is 3.06. The molecule has 0 bridgehead atoms. The Bertz CT molecular complexity index is 190. The van der Waals surface area contributed by atoms with Gasteiger partial charge in [-0.25, -0.2) is 0 Å². The molecule has 0 unspecified atom stereocenters. The maximum Gasteiger partial charge on any atom is 0.0558 e. The van der Waals surface area contributed by atoms with E-state index in [9.17, 15) is 0 Å². The van der Waals surface area contributed by atoms with E-state index in [-0.39, 0.29) is 0 Å². The van der Waals surface area contributed by atoms with Gasteiger partial charge < -0.3 is 10.8 Å². The topological polar surface area (TPSA) is 49.5 Å². The molecule has 1 fully saturated rings. The number of rotatable bonds is 9. The van der Waals surface area contributed by atoms with Crippen LogP contribution in [0.1, 0.15) is 46.0 Å². The summed E-state index contributed by atoms with van der Waals surface area (Å²) < 4.78 is 0. The molecule has 96 valence electrons. The summed E-state index contributed by atoms with van der Waals surface area (Å²) >= 11 is 0. The van der Waals surface area contributed by atoms with E-state index in [1.807, 2.05) is 0 Å². The number of nitrogens with zero attached hydrogens (tertiary/aromatic N) is 1. The van der Waals surface area contributed by atoms with Crippen LogP contribution in [0.4, 0.5) is 0 Å². The van der Waals surface area contributed by atoms with Crippen molar-refractivity contribution in [3.05, 3.63) is 0 Å². The molecule has 0 atom stereocenters. The zero-order valence-electron chi connectivity index (χ0n) is 10.9. The van der Waals surface area contributed by atoms with Gasteiger partial charge in [0.15, 0.2) is 0 Å². The second-order valence-corrected chi connectivity index (χ2v) is 5.82. The van der Waals surface area contributed by atoms with Crippen LogP contribution in [-0.4, -0.2) is 42.3 Å². The number of unbranched alkanes of at least 4 members (excludes halogenated alkanes) is 1. The smallest absolute Gasteiger partial charge is 0.0558 e. The first kappa shape index (κ1) is 13.9. The Labute approximate surface area is 100 Å². The standard InChI is InChI=1S/C13H28N2O/c1-13(2,11-14)7-3-4-8-15(9-10-16)12-5-6-12/h12,16H,3-11,14H2,1-2H3. The van der Waals surface area contributed by atoms with Crippen molar-refractivity contribution in [2.75, 3.05) is 26.2 Å². The summed E-state index contributed by atoms with van der Waals surface area (Å²) in [6.45, 7) is 7.54. The van der Waals surface area contributed by atoms with Crippen LogP contribution in [0.5, 0.6) is 0 Å². The number of aliphatic hydroxyl groups is 1. The van der Waals surface area contributed by atoms with Gasteiger partial charge in [-0.3, -0.25) is 4.90 Å². The lowest BCUT2D eigenvalue weighted by molar-refractivity contribution is 0.184. The lowest BCUT2D eigenvalue weighted by Crippen LogP contribution is -2.30. The summed E-state index contributed by atoms with van der Waals surface area (Å²) in [5, 5.41) is 8.98. The molecule has 3 N–H and O–H groups in total. The van der Waals surface area contributed by atoms with Gasteiger partial charge in [0.2, 0.25) is 0 Å². The van der Waals surface area contributed by atoms with Crippen LogP contribution in [0.3, 0.4) is 0 Å². The van der Waals surface area contributed by atoms with Crippen LogP contribution in [-0.2, 0) is 0 Å². The van der Waals surface area contributed by atoms with Crippen molar-refractivity contribution < 1.29 is 5.11 Å². The molecule has 0 aromatic rings. The third-order valence-corrected chi connectivity index (χ3v) is 3.55. The van der Waals surface area contributed by atoms with Gasteiger partial charge in [0.1, 0.15) is 0 Å². The van der Waals surface area contributed by atoms with Crippen molar-refractivity contribution >= 4 is 0 Å². The van der Waals surface area contributed by atoms with Crippen molar-refractivity contribution in [2.24, 2.45) is 11.1 Å². The molecule has 0 saturated heterocycles. The number of aliphatic hydroxyl groups excluding tert-OH is 1. The maximum atomic E-state index is 8.98. The van der Waals surface area contributed by atoms with E-state index in [1.54, 1.807) is 0 Å². The first-order valence-corrected chi connectivity index (χ1v) is 6.64. The van der Waals surface area contributed by atoms with Crippen LogP contribution >= 0.6 is 0 Å². The molecule has 1 rings (SSSR count). The zero-order valence-corrected chi connectivity index (χ0v) is 10.9. The van der Waals surface area contributed by atoms with E-state index in [0.717, 1.165) is 25.7 Å². The fourth-order valence-corrected chi connectivity index (χ4v) is 2.07. The minimum atomic E-state index is 0.293. The summed E-state index contributed by atoms with van der Waals surface area (Å²) in [4.78, 5) is 2.44. The Hall–Kier alpha value is -0.120. The third-order valence-electron chi connectivity index (χ3n) is 3.55. The van der Waals surface area contributed by atoms with Crippen molar-refractivity contribution in [1.29, 1.82) is 0 Å². The molecule has 1 aliphatic carbocycles. The van der Waals surface area contributed by atoms with Gasteiger partial charge in [0.05, 0.1) is 6.61 Å². The molecule has 0 radical (unpaired) electrons. The minimum absolute atomic E-state index is 0.293. The highest BCUT2D eigenvalue weighted by Crippen LogP contribution is 2.27. The summed E-state index contributed by atoms with van der Waals surface area (Å²) in [6, 6.07) is 0.773. The predicted molar refractivity (Wildman–Crippen MR) is 68.4 cm³/mol. The Kier molecular flexibility index (Phi) is 5.73. The summed E-state index contributed by atoms with van der Waals surface area (Å²) in [5.41, 5.74) is 6.00. The van der Waals surface area contributed by atoms with Crippen LogP contribution in [0.2, 0.25) is 0 Å². The fourth-order valence-electron chi connectivity index (χ4n) is 2.07. The molecular weight excluding hydrogens is 200 g/mol. The van der Waals surface area contributed by atoms with Gasteiger partial charge in [-0.15, -0.1) is 0 Å². The molecule has 0 aromatic heterocycles. The van der Waals surface area contributed by atoms with Crippen LogP contribution in [0.25, 0.3) is 0 Å². The maximum absolute atomic E-state index is 8.98. The largest absolute Gasteiger partial charge is 0.395 e. The first-order valence-electron chi connectivity index (χ1n) is 6.64. The van der Waals surface area contributed by atoms with Crippen LogP contribution in [0.15, 0.2) is 0 Å². The fraction of sp³-hybridized carbons (Fsp3) is 1.00. The zero-order chi connectivity index (χ0) is 12.0. The average molecular weight is 228 g/mol. The highest BCUT2D eigenvalue weighted by molar-refractivity contribution is 4.84. The third kappa shape index (κ3) is 5.28. The minimum Gasteiger partial charge on any atom is -0.395 e. The highest BCUT2D eigenvalue weighted by Gasteiger charge is 2.27. The Morgan fingerprint density at radius 2 is 1.94 bits per heavy atom. The Morgan fingerprint density at radius 1 is 1.25 bits per heavy atom. The quantitative estimate of drug-likeness (QED) is 0.589. The Balaban J connectivity index is 2.08. The second kappa shape index (κ2) is 6.58.